The van der Waals surface area contributed by atoms with Gasteiger partial charge in [0.15, 0.2) is 0 Å². The third-order valence-corrected chi connectivity index (χ3v) is 4.46. The van der Waals surface area contributed by atoms with E-state index in [0.29, 0.717) is 18.5 Å². The Hall–Kier alpha value is -1.06. The molecule has 1 aromatic rings. The van der Waals surface area contributed by atoms with Crippen LogP contribution in [0.5, 0.6) is 5.75 Å². The van der Waals surface area contributed by atoms with Crippen LogP contribution in [0.2, 0.25) is 0 Å². The first-order chi connectivity index (χ1) is 9.45. The summed E-state index contributed by atoms with van der Waals surface area (Å²) < 4.78 is 5.18. The highest BCUT2D eigenvalue weighted by atomic mass is 16.5. The SMILES string of the molecule is CCC(O)(CC)CNC(C)C(C)c1ccc(OC)cc1. The van der Waals surface area contributed by atoms with Crippen LogP contribution in [0.25, 0.3) is 0 Å². The molecule has 0 saturated carbocycles. The van der Waals surface area contributed by atoms with E-state index in [1.165, 1.54) is 5.56 Å². The number of hydrogen-bond acceptors (Lipinski definition) is 3. The van der Waals surface area contributed by atoms with E-state index in [1.807, 2.05) is 26.0 Å². The summed E-state index contributed by atoms with van der Waals surface area (Å²) in [6.07, 6.45) is 1.56. The molecular weight excluding hydrogens is 250 g/mol. The number of ether oxygens (including phenoxy) is 1. The first kappa shape index (κ1) is 17.0. The molecule has 0 saturated heterocycles. The number of nitrogens with one attached hydrogen (secondary N) is 1. The van der Waals surface area contributed by atoms with E-state index in [-0.39, 0.29) is 0 Å². The van der Waals surface area contributed by atoms with Crippen molar-refractivity contribution in [3.05, 3.63) is 29.8 Å². The van der Waals surface area contributed by atoms with Gasteiger partial charge >= 0.3 is 0 Å². The van der Waals surface area contributed by atoms with E-state index in [0.717, 1.165) is 18.6 Å². The van der Waals surface area contributed by atoms with Gasteiger partial charge in [-0.1, -0.05) is 32.9 Å². The molecule has 0 radical (unpaired) electrons. The van der Waals surface area contributed by atoms with Gasteiger partial charge in [-0.2, -0.15) is 0 Å². The topological polar surface area (TPSA) is 41.5 Å². The van der Waals surface area contributed by atoms with Gasteiger partial charge in [0.2, 0.25) is 0 Å². The average molecular weight is 279 g/mol. The number of hydrogen-bond donors (Lipinski definition) is 2. The highest BCUT2D eigenvalue weighted by Crippen LogP contribution is 2.22. The molecule has 0 bridgehead atoms. The van der Waals surface area contributed by atoms with Crippen LogP contribution in [-0.4, -0.2) is 30.4 Å². The van der Waals surface area contributed by atoms with Crippen LogP contribution >= 0.6 is 0 Å². The van der Waals surface area contributed by atoms with Crippen molar-refractivity contribution in [2.75, 3.05) is 13.7 Å². The van der Waals surface area contributed by atoms with Crippen LogP contribution in [0.4, 0.5) is 0 Å². The van der Waals surface area contributed by atoms with Crippen LogP contribution in [0.1, 0.15) is 52.0 Å². The maximum absolute atomic E-state index is 10.3. The summed E-state index contributed by atoms with van der Waals surface area (Å²) in [4.78, 5) is 0. The van der Waals surface area contributed by atoms with Crippen molar-refractivity contribution in [2.45, 2.75) is 58.1 Å². The van der Waals surface area contributed by atoms with Gasteiger partial charge in [0.25, 0.3) is 0 Å². The molecule has 3 heteroatoms. The summed E-state index contributed by atoms with van der Waals surface area (Å²) in [5.74, 6) is 1.27. The summed E-state index contributed by atoms with van der Waals surface area (Å²) in [6, 6.07) is 8.51. The molecule has 20 heavy (non-hydrogen) atoms. The molecule has 2 N–H and O–H groups in total. The standard InChI is InChI=1S/C17H29NO2/c1-6-17(19,7-2)12-18-14(4)13(3)15-8-10-16(20-5)11-9-15/h8-11,13-14,18-19H,6-7,12H2,1-5H3. The second-order valence-electron chi connectivity index (χ2n) is 5.66. The molecule has 0 amide bonds. The van der Waals surface area contributed by atoms with Crippen molar-refractivity contribution in [1.82, 2.24) is 5.32 Å². The Morgan fingerprint density at radius 3 is 2.15 bits per heavy atom. The van der Waals surface area contributed by atoms with E-state index in [4.69, 9.17) is 4.74 Å². The Labute approximate surface area is 123 Å². The van der Waals surface area contributed by atoms with Gasteiger partial charge in [0.1, 0.15) is 5.75 Å². The third-order valence-electron chi connectivity index (χ3n) is 4.46. The van der Waals surface area contributed by atoms with Gasteiger partial charge in [-0.25, -0.2) is 0 Å². The van der Waals surface area contributed by atoms with Crippen molar-refractivity contribution in [1.29, 1.82) is 0 Å². The minimum Gasteiger partial charge on any atom is -0.497 e. The Kier molecular flexibility index (Phi) is 6.50. The predicted octanol–water partition coefficient (Wildman–Crippen LogP) is 3.33. The molecule has 1 aromatic carbocycles. The zero-order valence-electron chi connectivity index (χ0n) is 13.4. The fourth-order valence-corrected chi connectivity index (χ4v) is 2.22. The molecule has 3 nitrogen and oxygen atoms in total. The molecule has 0 aliphatic carbocycles. The maximum atomic E-state index is 10.3. The largest absolute Gasteiger partial charge is 0.497 e. The van der Waals surface area contributed by atoms with Crippen LogP contribution < -0.4 is 10.1 Å². The molecule has 2 unspecified atom stereocenters. The van der Waals surface area contributed by atoms with Gasteiger partial charge < -0.3 is 15.2 Å². The zero-order valence-corrected chi connectivity index (χ0v) is 13.4. The quantitative estimate of drug-likeness (QED) is 0.767. The van der Waals surface area contributed by atoms with Crippen LogP contribution in [-0.2, 0) is 0 Å². The number of benzene rings is 1. The molecule has 0 fully saturated rings. The lowest BCUT2D eigenvalue weighted by atomic mass is 9.92. The van der Waals surface area contributed by atoms with Gasteiger partial charge in [-0.3, -0.25) is 0 Å². The summed E-state index contributed by atoms with van der Waals surface area (Å²) in [5.41, 5.74) is 0.691. The fraction of sp³-hybridized carbons (Fsp3) is 0.647. The number of methoxy groups -OCH3 is 1. The number of rotatable bonds is 8. The van der Waals surface area contributed by atoms with Crippen molar-refractivity contribution >= 4 is 0 Å². The maximum Gasteiger partial charge on any atom is 0.118 e. The smallest absolute Gasteiger partial charge is 0.118 e. The average Bonchev–Trinajstić information content (AvgIpc) is 2.51. The second-order valence-corrected chi connectivity index (χ2v) is 5.66. The molecule has 2 atom stereocenters. The Morgan fingerprint density at radius 1 is 1.15 bits per heavy atom. The van der Waals surface area contributed by atoms with Crippen LogP contribution in [0, 0.1) is 0 Å². The molecule has 0 heterocycles. The minimum absolute atomic E-state index is 0.313. The molecule has 0 spiro atoms. The summed E-state index contributed by atoms with van der Waals surface area (Å²) in [7, 11) is 1.68. The Bertz CT molecular complexity index is 384. The second kappa shape index (κ2) is 7.65. The van der Waals surface area contributed by atoms with E-state index < -0.39 is 5.60 Å². The summed E-state index contributed by atoms with van der Waals surface area (Å²) >= 11 is 0. The van der Waals surface area contributed by atoms with E-state index >= 15 is 0 Å². The third kappa shape index (κ3) is 4.50. The normalized spacial score (nSPS) is 14.9. The lowest BCUT2D eigenvalue weighted by molar-refractivity contribution is 0.0297. The fourth-order valence-electron chi connectivity index (χ4n) is 2.22. The van der Waals surface area contributed by atoms with Crippen molar-refractivity contribution in [2.24, 2.45) is 0 Å². The first-order valence-electron chi connectivity index (χ1n) is 7.55. The van der Waals surface area contributed by atoms with Crippen molar-refractivity contribution in [3.63, 3.8) is 0 Å². The lowest BCUT2D eigenvalue weighted by Gasteiger charge is -2.30. The molecular formula is C17H29NO2. The van der Waals surface area contributed by atoms with E-state index in [2.05, 4.69) is 31.3 Å². The van der Waals surface area contributed by atoms with Crippen molar-refractivity contribution < 1.29 is 9.84 Å². The Morgan fingerprint density at radius 2 is 1.70 bits per heavy atom. The molecule has 1 rings (SSSR count). The highest BCUT2D eigenvalue weighted by molar-refractivity contribution is 5.29. The van der Waals surface area contributed by atoms with E-state index in [9.17, 15) is 5.11 Å². The molecule has 0 aliphatic heterocycles. The first-order valence-corrected chi connectivity index (χ1v) is 7.55. The summed E-state index contributed by atoms with van der Waals surface area (Å²) in [5, 5.41) is 13.8. The van der Waals surface area contributed by atoms with Crippen LogP contribution in [0.3, 0.4) is 0 Å². The molecule has 0 aliphatic rings. The lowest BCUT2D eigenvalue weighted by Crippen LogP contribution is -2.44. The summed E-state index contributed by atoms with van der Waals surface area (Å²) in [6.45, 7) is 9.07. The van der Waals surface area contributed by atoms with Gasteiger partial charge in [-0.05, 0) is 43.4 Å². The monoisotopic (exact) mass is 279 g/mol. The highest BCUT2D eigenvalue weighted by Gasteiger charge is 2.24. The minimum atomic E-state index is -0.589. The molecule has 0 aromatic heterocycles. The van der Waals surface area contributed by atoms with Crippen molar-refractivity contribution in [3.8, 4) is 5.75 Å². The van der Waals surface area contributed by atoms with E-state index in [1.54, 1.807) is 7.11 Å². The zero-order chi connectivity index (χ0) is 15.2. The van der Waals surface area contributed by atoms with Gasteiger partial charge in [0, 0.05) is 12.6 Å². The molecule has 114 valence electrons. The van der Waals surface area contributed by atoms with Crippen LogP contribution in [0.15, 0.2) is 24.3 Å². The van der Waals surface area contributed by atoms with Gasteiger partial charge in [0.05, 0.1) is 12.7 Å². The Balaban J connectivity index is 2.59. The number of aliphatic hydroxyl groups is 1. The predicted molar refractivity (Wildman–Crippen MR) is 84.4 cm³/mol. The van der Waals surface area contributed by atoms with Gasteiger partial charge in [-0.15, -0.1) is 0 Å².